The number of hydrogen-bond acceptors (Lipinski definition) is 2. The van der Waals surface area contributed by atoms with Gasteiger partial charge in [0.1, 0.15) is 0 Å². The Morgan fingerprint density at radius 1 is 0.900 bits per heavy atom. The summed E-state index contributed by atoms with van der Waals surface area (Å²) in [6.45, 7) is 9.12. The van der Waals surface area contributed by atoms with E-state index in [4.69, 9.17) is 0 Å². The first-order valence-corrected chi connectivity index (χ1v) is 6.74. The summed E-state index contributed by atoms with van der Waals surface area (Å²) in [7, 11) is 0. The van der Waals surface area contributed by atoms with Crippen molar-refractivity contribution < 1.29 is 0 Å². The summed E-state index contributed by atoms with van der Waals surface area (Å²) < 4.78 is 0. The SMILES string of the molecule is C=CCNc1ccccc1N(CC=C)c1ccccc1. The van der Waals surface area contributed by atoms with Crippen molar-refractivity contribution in [3.63, 3.8) is 0 Å². The van der Waals surface area contributed by atoms with Gasteiger partial charge >= 0.3 is 0 Å². The van der Waals surface area contributed by atoms with Gasteiger partial charge in [-0.25, -0.2) is 0 Å². The lowest BCUT2D eigenvalue weighted by atomic mass is 10.2. The molecule has 1 N–H and O–H groups in total. The van der Waals surface area contributed by atoms with Crippen molar-refractivity contribution in [1.82, 2.24) is 0 Å². The third-order valence-electron chi connectivity index (χ3n) is 3.01. The van der Waals surface area contributed by atoms with Gasteiger partial charge in [0.05, 0.1) is 11.4 Å². The first-order valence-electron chi connectivity index (χ1n) is 6.74. The highest BCUT2D eigenvalue weighted by Gasteiger charge is 2.11. The Labute approximate surface area is 121 Å². The summed E-state index contributed by atoms with van der Waals surface area (Å²) in [5.41, 5.74) is 3.39. The molecule has 0 aromatic heterocycles. The zero-order valence-corrected chi connectivity index (χ0v) is 11.6. The van der Waals surface area contributed by atoms with Crippen LogP contribution in [0.25, 0.3) is 0 Å². The molecule has 0 aliphatic heterocycles. The highest BCUT2D eigenvalue weighted by atomic mass is 15.1. The second-order valence-electron chi connectivity index (χ2n) is 4.42. The number of anilines is 3. The summed E-state index contributed by atoms with van der Waals surface area (Å²) >= 11 is 0. The summed E-state index contributed by atoms with van der Waals surface area (Å²) in [5, 5.41) is 3.38. The zero-order valence-electron chi connectivity index (χ0n) is 11.6. The summed E-state index contributed by atoms with van der Waals surface area (Å²) in [6.07, 6.45) is 3.77. The van der Waals surface area contributed by atoms with E-state index in [1.54, 1.807) is 0 Å². The minimum atomic E-state index is 0.744. The van der Waals surface area contributed by atoms with Crippen LogP contribution in [0.4, 0.5) is 17.1 Å². The van der Waals surface area contributed by atoms with Gasteiger partial charge in [0.2, 0.25) is 0 Å². The molecule has 2 nitrogen and oxygen atoms in total. The average Bonchev–Trinajstić information content (AvgIpc) is 2.52. The number of hydrogen-bond donors (Lipinski definition) is 1. The Hall–Kier alpha value is -2.48. The van der Waals surface area contributed by atoms with Gasteiger partial charge in [0.25, 0.3) is 0 Å². The third-order valence-corrected chi connectivity index (χ3v) is 3.01. The molecule has 0 aliphatic carbocycles. The van der Waals surface area contributed by atoms with Gasteiger partial charge in [-0.1, -0.05) is 42.5 Å². The van der Waals surface area contributed by atoms with Crippen LogP contribution in [0.2, 0.25) is 0 Å². The van der Waals surface area contributed by atoms with Crippen molar-refractivity contribution in [1.29, 1.82) is 0 Å². The lowest BCUT2D eigenvalue weighted by Gasteiger charge is -2.26. The average molecular weight is 264 g/mol. The number of nitrogens with zero attached hydrogens (tertiary/aromatic N) is 1. The Bertz CT molecular complexity index is 561. The smallest absolute Gasteiger partial charge is 0.0649 e. The van der Waals surface area contributed by atoms with Crippen LogP contribution < -0.4 is 10.2 Å². The quantitative estimate of drug-likeness (QED) is 0.735. The van der Waals surface area contributed by atoms with Crippen molar-refractivity contribution in [2.45, 2.75) is 0 Å². The van der Waals surface area contributed by atoms with Gasteiger partial charge < -0.3 is 10.2 Å². The van der Waals surface area contributed by atoms with Gasteiger partial charge in [-0.15, -0.1) is 13.2 Å². The lowest BCUT2D eigenvalue weighted by Crippen LogP contribution is -2.18. The van der Waals surface area contributed by atoms with Crippen molar-refractivity contribution >= 4 is 17.1 Å². The lowest BCUT2D eigenvalue weighted by molar-refractivity contribution is 1.10. The van der Waals surface area contributed by atoms with Gasteiger partial charge in [0, 0.05) is 18.8 Å². The molecule has 2 heteroatoms. The van der Waals surface area contributed by atoms with Gasteiger partial charge in [-0.3, -0.25) is 0 Å². The molecule has 20 heavy (non-hydrogen) atoms. The zero-order chi connectivity index (χ0) is 14.2. The van der Waals surface area contributed by atoms with E-state index in [2.05, 4.69) is 47.6 Å². The molecule has 0 saturated heterocycles. The second kappa shape index (κ2) is 7.19. The van der Waals surface area contributed by atoms with Crippen LogP contribution in [0, 0.1) is 0 Å². The Kier molecular flexibility index (Phi) is 5.01. The molecule has 102 valence electrons. The van der Waals surface area contributed by atoms with Gasteiger partial charge in [-0.05, 0) is 24.3 Å². The van der Waals surface area contributed by atoms with Crippen molar-refractivity contribution in [2.75, 3.05) is 23.3 Å². The van der Waals surface area contributed by atoms with E-state index >= 15 is 0 Å². The maximum absolute atomic E-state index is 3.87. The molecule has 0 aliphatic rings. The summed E-state index contributed by atoms with van der Waals surface area (Å²) in [6, 6.07) is 18.6. The van der Waals surface area contributed by atoms with Crippen LogP contribution in [0.3, 0.4) is 0 Å². The molecule has 0 amide bonds. The number of nitrogens with one attached hydrogen (secondary N) is 1. The van der Waals surface area contributed by atoms with Crippen LogP contribution in [-0.4, -0.2) is 13.1 Å². The Balaban J connectivity index is 2.39. The summed E-state index contributed by atoms with van der Waals surface area (Å²) in [5.74, 6) is 0. The number of rotatable bonds is 7. The van der Waals surface area contributed by atoms with Crippen LogP contribution >= 0.6 is 0 Å². The number of benzene rings is 2. The summed E-state index contributed by atoms with van der Waals surface area (Å²) in [4.78, 5) is 2.23. The molecule has 2 rings (SSSR count). The predicted octanol–water partition coefficient (Wildman–Crippen LogP) is 4.61. The maximum Gasteiger partial charge on any atom is 0.0649 e. The van der Waals surface area contributed by atoms with E-state index in [-0.39, 0.29) is 0 Å². The van der Waals surface area contributed by atoms with Crippen molar-refractivity contribution in [2.24, 2.45) is 0 Å². The molecule has 0 bridgehead atoms. The minimum Gasteiger partial charge on any atom is -0.380 e. The second-order valence-corrected chi connectivity index (χ2v) is 4.42. The molecule has 0 saturated carbocycles. The van der Waals surface area contributed by atoms with E-state index in [0.717, 1.165) is 30.2 Å². The topological polar surface area (TPSA) is 15.3 Å². The van der Waals surface area contributed by atoms with Crippen molar-refractivity contribution in [3.05, 3.63) is 79.9 Å². The predicted molar refractivity (Wildman–Crippen MR) is 88.8 cm³/mol. The molecule has 0 fully saturated rings. The van der Waals surface area contributed by atoms with Crippen LogP contribution in [-0.2, 0) is 0 Å². The van der Waals surface area contributed by atoms with Gasteiger partial charge in [0.15, 0.2) is 0 Å². The molecule has 2 aromatic carbocycles. The highest BCUT2D eigenvalue weighted by molar-refractivity contribution is 5.76. The molecule has 0 radical (unpaired) electrons. The normalized spacial score (nSPS) is 9.80. The first-order chi connectivity index (χ1) is 9.86. The number of para-hydroxylation sites is 3. The fraction of sp³-hybridized carbons (Fsp3) is 0.111. The van der Waals surface area contributed by atoms with E-state index in [0.29, 0.717) is 0 Å². The highest BCUT2D eigenvalue weighted by Crippen LogP contribution is 2.31. The van der Waals surface area contributed by atoms with Crippen LogP contribution in [0.5, 0.6) is 0 Å². The van der Waals surface area contributed by atoms with Crippen molar-refractivity contribution in [3.8, 4) is 0 Å². The molecule has 0 heterocycles. The standard InChI is InChI=1S/C18H20N2/c1-3-14-19-17-12-8-9-13-18(17)20(15-4-2)16-10-6-5-7-11-16/h3-13,19H,1-2,14-15H2. The molecular weight excluding hydrogens is 244 g/mol. The van der Waals surface area contributed by atoms with Gasteiger partial charge in [-0.2, -0.15) is 0 Å². The largest absolute Gasteiger partial charge is 0.380 e. The third kappa shape index (κ3) is 3.29. The molecule has 0 spiro atoms. The van der Waals surface area contributed by atoms with E-state index in [1.807, 2.05) is 42.5 Å². The Morgan fingerprint density at radius 2 is 1.60 bits per heavy atom. The van der Waals surface area contributed by atoms with Crippen LogP contribution in [0.15, 0.2) is 79.9 Å². The minimum absolute atomic E-state index is 0.744. The van der Waals surface area contributed by atoms with Crippen LogP contribution in [0.1, 0.15) is 0 Å². The maximum atomic E-state index is 3.87. The first kappa shape index (κ1) is 13.9. The molecular formula is C18H20N2. The van der Waals surface area contributed by atoms with E-state index < -0.39 is 0 Å². The Morgan fingerprint density at radius 3 is 2.30 bits per heavy atom. The molecule has 0 unspecified atom stereocenters. The van der Waals surface area contributed by atoms with E-state index in [1.165, 1.54) is 0 Å². The fourth-order valence-electron chi connectivity index (χ4n) is 2.12. The molecule has 2 aromatic rings. The monoisotopic (exact) mass is 264 g/mol. The fourth-order valence-corrected chi connectivity index (χ4v) is 2.12. The van der Waals surface area contributed by atoms with E-state index in [9.17, 15) is 0 Å². The molecule has 0 atom stereocenters.